The van der Waals surface area contributed by atoms with Gasteiger partial charge in [0.1, 0.15) is 33.8 Å². The third-order valence-electron chi connectivity index (χ3n) is 5.13. The van der Waals surface area contributed by atoms with Gasteiger partial charge in [-0.2, -0.15) is 5.26 Å². The van der Waals surface area contributed by atoms with Crippen LogP contribution in [0.1, 0.15) is 25.0 Å². The first kappa shape index (κ1) is 16.4. The Hall–Kier alpha value is -2.82. The molecule has 5 heterocycles. The quantitative estimate of drug-likeness (QED) is 0.557. The minimum absolute atomic E-state index is 0.421. The summed E-state index contributed by atoms with van der Waals surface area (Å²) in [5.41, 5.74) is 3.24. The minimum atomic E-state index is 0.421. The summed E-state index contributed by atoms with van der Waals surface area (Å²) in [6.45, 7) is 3.35. The fourth-order valence-electron chi connectivity index (χ4n) is 3.73. The van der Waals surface area contributed by atoms with Gasteiger partial charge in [-0.1, -0.05) is 6.42 Å². The van der Waals surface area contributed by atoms with Gasteiger partial charge in [-0.05, 0) is 25.0 Å². The molecule has 0 spiro atoms. The fourth-order valence-corrected chi connectivity index (χ4v) is 4.67. The zero-order chi connectivity index (χ0) is 18.2. The monoisotopic (exact) mass is 375 g/mol. The number of nitriles is 1. The number of nitrogens with one attached hydrogen (secondary N) is 1. The average Bonchev–Trinajstić information content (AvgIpc) is 3.32. The SMILES string of the molecule is N#Cc1cc2c(cn1)[nH]c1ncc(-c3cc[n+](CN4CCCCC4)s3)cc12. The Balaban J connectivity index is 1.49. The Morgan fingerprint density at radius 1 is 1.15 bits per heavy atom. The first-order chi connectivity index (χ1) is 13.3. The second kappa shape index (κ2) is 6.72. The summed E-state index contributed by atoms with van der Waals surface area (Å²) in [5.74, 6) is 0. The van der Waals surface area contributed by atoms with Crippen LogP contribution in [-0.4, -0.2) is 32.9 Å². The van der Waals surface area contributed by atoms with Crippen molar-refractivity contribution < 1.29 is 3.96 Å². The number of fused-ring (bicyclic) bond motifs is 3. The summed E-state index contributed by atoms with van der Waals surface area (Å²) in [7, 11) is 0. The van der Waals surface area contributed by atoms with E-state index in [4.69, 9.17) is 5.26 Å². The standard InChI is InChI=1S/C20H18N6S/c21-10-15-9-16-17-8-14(11-23-20(17)24-18(16)12-22-15)19-4-7-26(27-19)13-25-5-2-1-3-6-25/h4,7-9,11-12H,1-3,5-6,13H2/p+1. The van der Waals surface area contributed by atoms with Crippen LogP contribution < -0.4 is 3.96 Å². The van der Waals surface area contributed by atoms with E-state index in [1.54, 1.807) is 17.7 Å². The molecule has 1 aliphatic heterocycles. The molecule has 7 heteroatoms. The topological polar surface area (TPSA) is 72.5 Å². The summed E-state index contributed by atoms with van der Waals surface area (Å²) < 4.78 is 2.29. The molecule has 0 radical (unpaired) electrons. The molecule has 1 saturated heterocycles. The summed E-state index contributed by atoms with van der Waals surface area (Å²) in [5, 5.41) is 11.1. The largest absolute Gasteiger partial charge is 0.338 e. The highest BCUT2D eigenvalue weighted by Gasteiger charge is 2.17. The number of piperidine rings is 1. The molecule has 0 aromatic carbocycles. The van der Waals surface area contributed by atoms with E-state index in [-0.39, 0.29) is 0 Å². The van der Waals surface area contributed by atoms with Crippen molar-refractivity contribution in [3.63, 3.8) is 0 Å². The molecular weight excluding hydrogens is 356 g/mol. The van der Waals surface area contributed by atoms with Crippen LogP contribution in [0.4, 0.5) is 0 Å². The summed E-state index contributed by atoms with van der Waals surface area (Å²) in [6, 6.07) is 8.25. The highest BCUT2D eigenvalue weighted by Crippen LogP contribution is 2.29. The molecule has 6 nitrogen and oxygen atoms in total. The van der Waals surface area contributed by atoms with Crippen molar-refractivity contribution in [3.8, 4) is 16.5 Å². The first-order valence-electron chi connectivity index (χ1n) is 9.20. The number of H-pyrrole nitrogens is 1. The van der Waals surface area contributed by atoms with E-state index in [1.807, 2.05) is 12.3 Å². The van der Waals surface area contributed by atoms with Gasteiger partial charge in [0.05, 0.1) is 11.7 Å². The van der Waals surface area contributed by atoms with Crippen molar-refractivity contribution >= 4 is 33.5 Å². The smallest absolute Gasteiger partial charge is 0.218 e. The van der Waals surface area contributed by atoms with E-state index in [1.165, 1.54) is 37.2 Å². The van der Waals surface area contributed by atoms with Crippen molar-refractivity contribution in [2.45, 2.75) is 25.9 Å². The summed E-state index contributed by atoms with van der Waals surface area (Å²) in [6.07, 6.45) is 9.74. The lowest BCUT2D eigenvalue weighted by Crippen LogP contribution is -2.42. The van der Waals surface area contributed by atoms with Crippen LogP contribution in [0.25, 0.3) is 32.4 Å². The number of nitrogens with zero attached hydrogens (tertiary/aromatic N) is 5. The van der Waals surface area contributed by atoms with Crippen LogP contribution in [0, 0.1) is 11.3 Å². The molecule has 5 rings (SSSR count). The van der Waals surface area contributed by atoms with Gasteiger partial charge >= 0.3 is 0 Å². The molecule has 0 bridgehead atoms. The average molecular weight is 375 g/mol. The van der Waals surface area contributed by atoms with Crippen molar-refractivity contribution in [2.75, 3.05) is 13.1 Å². The maximum absolute atomic E-state index is 9.13. The predicted octanol–water partition coefficient (Wildman–Crippen LogP) is 3.44. The van der Waals surface area contributed by atoms with Crippen LogP contribution in [-0.2, 0) is 6.67 Å². The fraction of sp³-hybridized carbons (Fsp3) is 0.300. The van der Waals surface area contributed by atoms with Crippen molar-refractivity contribution in [2.24, 2.45) is 0 Å². The third-order valence-corrected chi connectivity index (χ3v) is 6.17. The Bertz CT molecular complexity index is 1160. The molecule has 134 valence electrons. The lowest BCUT2D eigenvalue weighted by atomic mass is 10.1. The highest BCUT2D eigenvalue weighted by molar-refractivity contribution is 7.05. The lowest BCUT2D eigenvalue weighted by Gasteiger charge is -2.22. The molecule has 4 aromatic rings. The van der Waals surface area contributed by atoms with E-state index in [2.05, 4.69) is 48.2 Å². The molecule has 0 atom stereocenters. The highest BCUT2D eigenvalue weighted by atomic mass is 32.1. The molecule has 27 heavy (non-hydrogen) atoms. The van der Waals surface area contributed by atoms with Gasteiger partial charge in [-0.25, -0.2) is 14.9 Å². The Labute approximate surface area is 160 Å². The Morgan fingerprint density at radius 2 is 2.04 bits per heavy atom. The van der Waals surface area contributed by atoms with Crippen molar-refractivity contribution in [1.82, 2.24) is 19.9 Å². The Morgan fingerprint density at radius 3 is 2.89 bits per heavy atom. The Kier molecular flexibility index (Phi) is 4.07. The number of rotatable bonds is 3. The number of pyridine rings is 2. The van der Waals surface area contributed by atoms with Gasteiger partial charge in [0.2, 0.25) is 6.67 Å². The zero-order valence-electron chi connectivity index (χ0n) is 14.9. The second-order valence-corrected chi connectivity index (χ2v) is 8.07. The number of hydrogen-bond donors (Lipinski definition) is 1. The molecular formula is C20H19N6S+. The molecule has 1 aliphatic rings. The van der Waals surface area contributed by atoms with E-state index in [0.29, 0.717) is 5.69 Å². The molecule has 0 aliphatic carbocycles. The van der Waals surface area contributed by atoms with Gasteiger partial charge in [-0.3, -0.25) is 0 Å². The lowest BCUT2D eigenvalue weighted by molar-refractivity contribution is -0.651. The van der Waals surface area contributed by atoms with E-state index >= 15 is 0 Å². The van der Waals surface area contributed by atoms with Crippen LogP contribution in [0.15, 0.2) is 36.8 Å². The molecule has 1 fully saturated rings. The van der Waals surface area contributed by atoms with Gasteiger partial charge in [0.25, 0.3) is 0 Å². The van der Waals surface area contributed by atoms with Gasteiger partial charge in [0.15, 0.2) is 6.20 Å². The van der Waals surface area contributed by atoms with Crippen LogP contribution in [0.3, 0.4) is 0 Å². The zero-order valence-corrected chi connectivity index (χ0v) is 15.7. The third kappa shape index (κ3) is 3.07. The van der Waals surface area contributed by atoms with E-state index in [9.17, 15) is 0 Å². The molecule has 0 saturated carbocycles. The molecule has 0 unspecified atom stereocenters. The second-order valence-electron chi connectivity index (χ2n) is 6.98. The summed E-state index contributed by atoms with van der Waals surface area (Å²) >= 11 is 1.76. The number of aromatic amines is 1. The number of hydrogen-bond acceptors (Lipinski definition) is 5. The summed E-state index contributed by atoms with van der Waals surface area (Å²) in [4.78, 5) is 15.7. The molecule has 0 amide bonds. The normalized spacial score (nSPS) is 15.4. The number of aromatic nitrogens is 4. The van der Waals surface area contributed by atoms with Crippen molar-refractivity contribution in [1.29, 1.82) is 5.26 Å². The van der Waals surface area contributed by atoms with E-state index < -0.39 is 0 Å². The maximum atomic E-state index is 9.13. The number of likely N-dealkylation sites (tertiary alicyclic amines) is 1. The van der Waals surface area contributed by atoms with Crippen LogP contribution in [0.5, 0.6) is 0 Å². The molecule has 1 N–H and O–H groups in total. The van der Waals surface area contributed by atoms with Gasteiger partial charge < -0.3 is 4.98 Å². The molecule has 4 aromatic heterocycles. The first-order valence-corrected chi connectivity index (χ1v) is 9.97. The van der Waals surface area contributed by atoms with E-state index in [0.717, 1.165) is 34.2 Å². The van der Waals surface area contributed by atoms with Crippen molar-refractivity contribution in [3.05, 3.63) is 42.5 Å². The predicted molar refractivity (Wildman–Crippen MR) is 105 cm³/mol. The minimum Gasteiger partial charge on any atom is -0.338 e. The van der Waals surface area contributed by atoms with Crippen LogP contribution >= 0.6 is 11.5 Å². The van der Waals surface area contributed by atoms with Gasteiger partial charge in [-0.15, -0.1) is 3.96 Å². The maximum Gasteiger partial charge on any atom is 0.218 e. The van der Waals surface area contributed by atoms with Crippen LogP contribution in [0.2, 0.25) is 0 Å². The van der Waals surface area contributed by atoms with Gasteiger partial charge in [0, 0.05) is 41.7 Å².